The van der Waals surface area contributed by atoms with Gasteiger partial charge in [0.05, 0.1) is 11.1 Å². The molecule has 12 aromatic rings. The summed E-state index contributed by atoms with van der Waals surface area (Å²) in [7, 11) is 0. The Morgan fingerprint density at radius 2 is 0.793 bits per heavy atom. The van der Waals surface area contributed by atoms with Crippen molar-refractivity contribution in [3.05, 3.63) is 200 Å². The number of hydrogen-bond acceptors (Lipinski definition) is 4. The highest BCUT2D eigenvalue weighted by Gasteiger charge is 2.20. The first kappa shape index (κ1) is 32.4. The minimum Gasteiger partial charge on any atom is -0.456 e. The third-order valence-corrected chi connectivity index (χ3v) is 11.5. The van der Waals surface area contributed by atoms with Crippen LogP contribution in [-0.2, 0) is 0 Å². The highest BCUT2D eigenvalue weighted by molar-refractivity contribution is 6.14. The first-order valence-electron chi connectivity index (χ1n) is 19.6. The quantitative estimate of drug-likeness (QED) is 0.170. The molecule has 0 radical (unpaired) electrons. The lowest BCUT2D eigenvalue weighted by atomic mass is 9.99. The number of nitrogens with zero attached hydrogens (tertiary/aromatic N) is 1. The molecule has 0 saturated heterocycles. The lowest BCUT2D eigenvalue weighted by Crippen LogP contribution is -2.10. The van der Waals surface area contributed by atoms with Crippen LogP contribution in [0, 0.1) is 0 Å². The van der Waals surface area contributed by atoms with Crippen molar-refractivity contribution in [2.75, 3.05) is 4.90 Å². The fourth-order valence-electron chi connectivity index (χ4n) is 8.70. The second-order valence-corrected chi connectivity index (χ2v) is 14.8. The Labute approximate surface area is 333 Å². The van der Waals surface area contributed by atoms with E-state index in [0.29, 0.717) is 0 Å². The first-order chi connectivity index (χ1) is 28.7. The Balaban J connectivity index is 0.958. The summed E-state index contributed by atoms with van der Waals surface area (Å²) in [6, 6.07) is 70.3. The van der Waals surface area contributed by atoms with Crippen LogP contribution < -0.4 is 4.90 Å². The van der Waals surface area contributed by atoms with Crippen molar-refractivity contribution in [3.63, 3.8) is 0 Å². The third kappa shape index (κ3) is 5.16. The van der Waals surface area contributed by atoms with Crippen molar-refractivity contribution < 1.29 is 13.3 Å². The minimum atomic E-state index is 0.855. The van der Waals surface area contributed by atoms with Crippen LogP contribution in [0.25, 0.3) is 99.2 Å². The molecule has 0 aliphatic heterocycles. The van der Waals surface area contributed by atoms with Gasteiger partial charge in [-0.15, -0.1) is 0 Å². The van der Waals surface area contributed by atoms with Crippen LogP contribution in [0.5, 0.6) is 0 Å². The van der Waals surface area contributed by atoms with Gasteiger partial charge >= 0.3 is 0 Å². The second-order valence-electron chi connectivity index (χ2n) is 14.8. The molecule has 58 heavy (non-hydrogen) atoms. The van der Waals surface area contributed by atoms with E-state index in [0.717, 1.165) is 116 Å². The molecule has 0 fully saturated rings. The van der Waals surface area contributed by atoms with E-state index in [1.54, 1.807) is 0 Å². The number of anilines is 3. The maximum Gasteiger partial charge on any atom is 0.143 e. The van der Waals surface area contributed by atoms with Gasteiger partial charge in [-0.05, 0) is 101 Å². The summed E-state index contributed by atoms with van der Waals surface area (Å²) in [5.74, 6) is 0. The zero-order valence-corrected chi connectivity index (χ0v) is 31.2. The summed E-state index contributed by atoms with van der Waals surface area (Å²) in [6.45, 7) is 0. The van der Waals surface area contributed by atoms with Crippen molar-refractivity contribution in [2.45, 2.75) is 0 Å². The Hall–Kier alpha value is -7.82. The molecule has 0 bridgehead atoms. The zero-order chi connectivity index (χ0) is 38.2. The molecule has 0 aliphatic rings. The number of benzene rings is 9. The molecule has 0 spiro atoms. The van der Waals surface area contributed by atoms with E-state index in [-0.39, 0.29) is 0 Å². The van der Waals surface area contributed by atoms with Gasteiger partial charge in [0.2, 0.25) is 0 Å². The molecule has 0 amide bonds. The predicted octanol–water partition coefficient (Wildman–Crippen LogP) is 15.9. The van der Waals surface area contributed by atoms with Crippen molar-refractivity contribution in [1.29, 1.82) is 0 Å². The number of para-hydroxylation sites is 3. The van der Waals surface area contributed by atoms with E-state index < -0.39 is 0 Å². The van der Waals surface area contributed by atoms with Gasteiger partial charge in [0.1, 0.15) is 33.5 Å². The molecule has 0 atom stereocenters. The van der Waals surface area contributed by atoms with E-state index in [1.165, 1.54) is 0 Å². The Morgan fingerprint density at radius 1 is 0.293 bits per heavy atom. The van der Waals surface area contributed by atoms with Gasteiger partial charge in [0, 0.05) is 43.9 Å². The molecule has 0 N–H and O–H groups in total. The van der Waals surface area contributed by atoms with Crippen LogP contribution in [0.2, 0.25) is 0 Å². The van der Waals surface area contributed by atoms with Crippen molar-refractivity contribution in [1.82, 2.24) is 0 Å². The molecular formula is C54H33NO3. The van der Waals surface area contributed by atoms with Gasteiger partial charge in [-0.25, -0.2) is 0 Å². The molecule has 4 nitrogen and oxygen atoms in total. The van der Waals surface area contributed by atoms with Crippen LogP contribution in [0.4, 0.5) is 17.1 Å². The third-order valence-electron chi connectivity index (χ3n) is 11.5. The Bertz CT molecular complexity index is 3500. The molecule has 4 heteroatoms. The van der Waals surface area contributed by atoms with Crippen LogP contribution in [-0.4, -0.2) is 0 Å². The van der Waals surface area contributed by atoms with E-state index in [9.17, 15) is 0 Å². The second kappa shape index (κ2) is 12.9. The average Bonchev–Trinajstić information content (AvgIpc) is 3.98. The maximum absolute atomic E-state index is 6.49. The van der Waals surface area contributed by atoms with Gasteiger partial charge in [-0.1, -0.05) is 127 Å². The summed E-state index contributed by atoms with van der Waals surface area (Å²) < 4.78 is 19.0. The lowest BCUT2D eigenvalue weighted by Gasteiger charge is -2.26. The highest BCUT2D eigenvalue weighted by atomic mass is 16.3. The summed E-state index contributed by atoms with van der Waals surface area (Å²) in [6.07, 6.45) is 0. The van der Waals surface area contributed by atoms with Gasteiger partial charge in [-0.3, -0.25) is 0 Å². The van der Waals surface area contributed by atoms with E-state index in [1.807, 2.05) is 30.3 Å². The van der Waals surface area contributed by atoms with Crippen LogP contribution in [0.3, 0.4) is 0 Å². The molecular weight excluding hydrogens is 711 g/mol. The summed E-state index contributed by atoms with van der Waals surface area (Å²) in [4.78, 5) is 2.34. The molecule has 3 heterocycles. The van der Waals surface area contributed by atoms with E-state index in [4.69, 9.17) is 13.3 Å². The fourth-order valence-corrected chi connectivity index (χ4v) is 8.70. The SMILES string of the molecule is c1ccc(-c2cccc3c2oc2ccc(-c4ccc(N(c5ccc(-c6ccc7oc8ccccc8c7c6)cc5)c5cccc6oc7ccccc7c56)cc4)cc23)cc1. The summed E-state index contributed by atoms with van der Waals surface area (Å²) in [5, 5.41) is 6.63. The average molecular weight is 744 g/mol. The number of rotatable bonds is 6. The largest absolute Gasteiger partial charge is 0.456 e. The van der Waals surface area contributed by atoms with Gasteiger partial charge in [-0.2, -0.15) is 0 Å². The minimum absolute atomic E-state index is 0.855. The first-order valence-corrected chi connectivity index (χ1v) is 19.6. The number of hydrogen-bond donors (Lipinski definition) is 0. The molecule has 0 aliphatic carbocycles. The zero-order valence-electron chi connectivity index (χ0n) is 31.2. The lowest BCUT2D eigenvalue weighted by molar-refractivity contribution is 0.668. The van der Waals surface area contributed by atoms with E-state index >= 15 is 0 Å². The number of furan rings is 3. The topological polar surface area (TPSA) is 42.7 Å². The summed E-state index contributed by atoms with van der Waals surface area (Å²) in [5.41, 5.74) is 15.2. The summed E-state index contributed by atoms with van der Waals surface area (Å²) >= 11 is 0. The van der Waals surface area contributed by atoms with Crippen LogP contribution in [0.15, 0.2) is 213 Å². The smallest absolute Gasteiger partial charge is 0.143 e. The van der Waals surface area contributed by atoms with Gasteiger partial charge < -0.3 is 18.2 Å². The highest BCUT2D eigenvalue weighted by Crippen LogP contribution is 2.44. The molecule has 0 saturated carbocycles. The van der Waals surface area contributed by atoms with Crippen molar-refractivity contribution >= 4 is 82.9 Å². The molecule has 3 aromatic heterocycles. The Kier molecular flexibility index (Phi) is 7.20. The number of fused-ring (bicyclic) bond motifs is 9. The van der Waals surface area contributed by atoms with Crippen LogP contribution >= 0.6 is 0 Å². The molecule has 0 unspecified atom stereocenters. The standard InChI is InChI=1S/C54H33NO3/c1-2-10-36(11-3-1)41-14-8-15-43-46-33-38(25-31-51(46)58-54(41)43)35-22-28-40(29-23-35)55(47-16-9-19-52-53(47)44-13-5-7-18-49(44)57-52)39-26-20-34(21-27-39)37-24-30-50-45(32-37)42-12-4-6-17-48(42)56-50/h1-33H. The predicted molar refractivity (Wildman–Crippen MR) is 239 cm³/mol. The molecule has 9 aromatic carbocycles. The fraction of sp³-hybridized carbons (Fsp3) is 0. The Morgan fingerprint density at radius 3 is 1.50 bits per heavy atom. The van der Waals surface area contributed by atoms with Crippen molar-refractivity contribution in [3.8, 4) is 33.4 Å². The van der Waals surface area contributed by atoms with Crippen LogP contribution in [0.1, 0.15) is 0 Å². The monoisotopic (exact) mass is 743 g/mol. The van der Waals surface area contributed by atoms with Gasteiger partial charge in [0.25, 0.3) is 0 Å². The van der Waals surface area contributed by atoms with Gasteiger partial charge in [0.15, 0.2) is 0 Å². The van der Waals surface area contributed by atoms with E-state index in [2.05, 4.69) is 175 Å². The molecule has 272 valence electrons. The molecule has 12 rings (SSSR count). The van der Waals surface area contributed by atoms with Crippen molar-refractivity contribution in [2.24, 2.45) is 0 Å². The normalized spacial score (nSPS) is 11.8. The maximum atomic E-state index is 6.49.